The number of hydrogen-bond acceptors (Lipinski definition) is 4. The number of halogens is 1. The fourth-order valence-corrected chi connectivity index (χ4v) is 3.97. The highest BCUT2D eigenvalue weighted by atomic mass is 19.1. The molecule has 6 nitrogen and oxygen atoms in total. The Morgan fingerprint density at radius 2 is 2.00 bits per heavy atom. The van der Waals surface area contributed by atoms with Crippen LogP contribution in [0.1, 0.15) is 40.0 Å². The van der Waals surface area contributed by atoms with Crippen LogP contribution < -0.4 is 10.6 Å². The van der Waals surface area contributed by atoms with E-state index in [1.165, 1.54) is 36.8 Å². The summed E-state index contributed by atoms with van der Waals surface area (Å²) in [6, 6.07) is 5.37. The zero-order chi connectivity index (χ0) is 18.9. The van der Waals surface area contributed by atoms with Crippen molar-refractivity contribution in [1.82, 2.24) is 10.2 Å². The third-order valence-electron chi connectivity index (χ3n) is 5.69. The first-order chi connectivity index (χ1) is 13.1. The van der Waals surface area contributed by atoms with Crippen molar-refractivity contribution in [2.24, 2.45) is 5.41 Å². The van der Waals surface area contributed by atoms with Gasteiger partial charge >= 0.3 is 0 Å². The molecule has 2 aliphatic heterocycles. The maximum absolute atomic E-state index is 13.7. The van der Waals surface area contributed by atoms with Gasteiger partial charge in [0.25, 0.3) is 11.8 Å². The Hall–Kier alpha value is -2.67. The van der Waals surface area contributed by atoms with Gasteiger partial charge in [-0.2, -0.15) is 0 Å². The number of nitrogens with one attached hydrogen (secondary N) is 2. The van der Waals surface area contributed by atoms with Crippen LogP contribution in [0.2, 0.25) is 0 Å². The van der Waals surface area contributed by atoms with Gasteiger partial charge in [-0.1, -0.05) is 0 Å². The minimum absolute atomic E-state index is 0.175. The molecule has 1 spiro atoms. The van der Waals surface area contributed by atoms with Gasteiger partial charge in [0.15, 0.2) is 0 Å². The summed E-state index contributed by atoms with van der Waals surface area (Å²) < 4.78 is 18.6. The molecule has 4 rings (SSSR count). The van der Waals surface area contributed by atoms with Crippen molar-refractivity contribution in [3.05, 3.63) is 53.7 Å². The van der Waals surface area contributed by atoms with Crippen LogP contribution in [0, 0.1) is 11.2 Å². The van der Waals surface area contributed by atoms with E-state index in [-0.39, 0.29) is 11.6 Å². The number of furan rings is 1. The highest BCUT2D eigenvalue weighted by Gasteiger charge is 2.38. The second kappa shape index (κ2) is 7.15. The summed E-state index contributed by atoms with van der Waals surface area (Å²) in [5.41, 5.74) is 1.09. The second-order valence-corrected chi connectivity index (χ2v) is 7.38. The molecule has 0 unspecified atom stereocenters. The average molecular weight is 371 g/mol. The van der Waals surface area contributed by atoms with Gasteiger partial charge in [-0.05, 0) is 55.5 Å². The first kappa shape index (κ1) is 17.7. The maximum atomic E-state index is 13.7. The highest BCUT2D eigenvalue weighted by Crippen LogP contribution is 2.37. The summed E-state index contributed by atoms with van der Waals surface area (Å²) in [5.74, 6) is -1.14. The van der Waals surface area contributed by atoms with Crippen molar-refractivity contribution >= 4 is 17.5 Å². The Kier molecular flexibility index (Phi) is 4.70. The molecular formula is C20H22FN3O3. The van der Waals surface area contributed by atoms with Crippen LogP contribution in [0.25, 0.3) is 0 Å². The molecule has 2 amide bonds. The summed E-state index contributed by atoms with van der Waals surface area (Å²) in [6.07, 6.45) is 5.76. The van der Waals surface area contributed by atoms with E-state index in [2.05, 4.69) is 10.6 Å². The average Bonchev–Trinajstić information content (AvgIpc) is 3.35. The van der Waals surface area contributed by atoms with Gasteiger partial charge in [0, 0.05) is 19.6 Å². The molecule has 0 bridgehead atoms. The van der Waals surface area contributed by atoms with Crippen LogP contribution in [0.4, 0.5) is 10.1 Å². The molecule has 0 atom stereocenters. The Bertz CT molecular complexity index is 834. The molecular weight excluding hydrogens is 349 g/mol. The standard InChI is InChI=1S/C20H22FN3O3/c21-15-1-2-16(17(11-15)23-18(25)14-3-10-27-12-14)19(26)24-8-5-20(6-9-24)4-7-22-13-20/h1-3,10-12,22H,4-9,13H2,(H,23,25). The normalized spacial score (nSPS) is 18.6. The summed E-state index contributed by atoms with van der Waals surface area (Å²) in [6.45, 7) is 3.40. The van der Waals surface area contributed by atoms with Gasteiger partial charge in [0.2, 0.25) is 0 Å². The third kappa shape index (κ3) is 3.60. The lowest BCUT2D eigenvalue weighted by Crippen LogP contribution is -2.44. The molecule has 2 aromatic rings. The zero-order valence-corrected chi connectivity index (χ0v) is 15.0. The summed E-state index contributed by atoms with van der Waals surface area (Å²) in [7, 11) is 0. The number of benzene rings is 1. The Morgan fingerprint density at radius 3 is 2.67 bits per heavy atom. The fraction of sp³-hybridized carbons (Fsp3) is 0.400. The minimum Gasteiger partial charge on any atom is -0.472 e. The quantitative estimate of drug-likeness (QED) is 0.870. The Balaban J connectivity index is 1.51. The smallest absolute Gasteiger partial charge is 0.258 e. The summed E-state index contributed by atoms with van der Waals surface area (Å²) in [4.78, 5) is 27.1. The molecule has 0 radical (unpaired) electrons. The number of hydrogen-bond donors (Lipinski definition) is 2. The molecule has 3 heterocycles. The lowest BCUT2D eigenvalue weighted by Gasteiger charge is -2.39. The third-order valence-corrected chi connectivity index (χ3v) is 5.69. The number of rotatable bonds is 3. The van der Waals surface area contributed by atoms with Gasteiger partial charge in [-0.25, -0.2) is 4.39 Å². The molecule has 2 aliphatic rings. The molecule has 7 heteroatoms. The molecule has 0 saturated carbocycles. The van der Waals surface area contributed by atoms with Crippen molar-refractivity contribution < 1.29 is 18.4 Å². The maximum Gasteiger partial charge on any atom is 0.258 e. The van der Waals surface area contributed by atoms with E-state index in [1.54, 1.807) is 4.90 Å². The fourth-order valence-electron chi connectivity index (χ4n) is 3.97. The molecule has 2 fully saturated rings. The summed E-state index contributed by atoms with van der Waals surface area (Å²) >= 11 is 0. The van der Waals surface area contributed by atoms with Gasteiger partial charge in [0.1, 0.15) is 12.1 Å². The molecule has 2 N–H and O–H groups in total. The molecule has 142 valence electrons. The molecule has 2 saturated heterocycles. The van der Waals surface area contributed by atoms with E-state index in [0.29, 0.717) is 29.6 Å². The molecule has 27 heavy (non-hydrogen) atoms. The Morgan fingerprint density at radius 1 is 1.19 bits per heavy atom. The molecule has 0 aliphatic carbocycles. The first-order valence-corrected chi connectivity index (χ1v) is 9.19. The van der Waals surface area contributed by atoms with Crippen molar-refractivity contribution in [3.8, 4) is 0 Å². The van der Waals surface area contributed by atoms with Gasteiger partial charge < -0.3 is 20.0 Å². The van der Waals surface area contributed by atoms with Crippen molar-refractivity contribution in [1.29, 1.82) is 0 Å². The molecule has 1 aromatic heterocycles. The minimum atomic E-state index is -0.510. The van der Waals surface area contributed by atoms with Crippen LogP contribution >= 0.6 is 0 Å². The van der Waals surface area contributed by atoms with Crippen molar-refractivity contribution in [2.75, 3.05) is 31.5 Å². The Labute approximate surface area is 156 Å². The number of carbonyl (C=O) groups is 2. The monoisotopic (exact) mass is 371 g/mol. The summed E-state index contributed by atoms with van der Waals surface area (Å²) in [5, 5.41) is 6.03. The predicted octanol–water partition coefficient (Wildman–Crippen LogP) is 2.89. The number of likely N-dealkylation sites (tertiary alicyclic amines) is 1. The van der Waals surface area contributed by atoms with E-state index >= 15 is 0 Å². The van der Waals surface area contributed by atoms with Crippen LogP contribution in [-0.4, -0.2) is 42.9 Å². The number of amides is 2. The number of anilines is 1. The van der Waals surface area contributed by atoms with Crippen LogP contribution in [0.3, 0.4) is 0 Å². The number of nitrogens with zero attached hydrogens (tertiary/aromatic N) is 1. The van der Waals surface area contributed by atoms with Crippen molar-refractivity contribution in [3.63, 3.8) is 0 Å². The largest absolute Gasteiger partial charge is 0.472 e. The first-order valence-electron chi connectivity index (χ1n) is 9.19. The highest BCUT2D eigenvalue weighted by molar-refractivity contribution is 6.08. The van der Waals surface area contributed by atoms with E-state index in [9.17, 15) is 14.0 Å². The van der Waals surface area contributed by atoms with Gasteiger partial charge in [0.05, 0.1) is 23.1 Å². The van der Waals surface area contributed by atoms with Gasteiger partial charge in [-0.3, -0.25) is 9.59 Å². The molecule has 1 aromatic carbocycles. The van der Waals surface area contributed by atoms with E-state index in [4.69, 9.17) is 4.42 Å². The second-order valence-electron chi connectivity index (χ2n) is 7.38. The lowest BCUT2D eigenvalue weighted by molar-refractivity contribution is 0.0608. The lowest BCUT2D eigenvalue weighted by atomic mass is 9.78. The van der Waals surface area contributed by atoms with Crippen LogP contribution in [-0.2, 0) is 0 Å². The topological polar surface area (TPSA) is 74.6 Å². The predicted molar refractivity (Wildman–Crippen MR) is 98.1 cm³/mol. The van der Waals surface area contributed by atoms with Crippen molar-refractivity contribution in [2.45, 2.75) is 19.3 Å². The van der Waals surface area contributed by atoms with Gasteiger partial charge in [-0.15, -0.1) is 0 Å². The zero-order valence-electron chi connectivity index (χ0n) is 15.0. The van der Waals surface area contributed by atoms with E-state index in [0.717, 1.165) is 32.4 Å². The number of piperidine rings is 1. The number of carbonyl (C=O) groups excluding carboxylic acids is 2. The van der Waals surface area contributed by atoms with E-state index < -0.39 is 11.7 Å². The van der Waals surface area contributed by atoms with Crippen LogP contribution in [0.15, 0.2) is 41.2 Å². The SMILES string of the molecule is O=C(Nc1cc(F)ccc1C(=O)N1CCC2(CCNC2)CC1)c1ccoc1. The van der Waals surface area contributed by atoms with E-state index in [1.807, 2.05) is 0 Å². The van der Waals surface area contributed by atoms with Crippen LogP contribution in [0.5, 0.6) is 0 Å².